The van der Waals surface area contributed by atoms with Crippen LogP contribution in [-0.2, 0) is 10.0 Å². The smallest absolute Gasteiger partial charge is 0.251 e. The summed E-state index contributed by atoms with van der Waals surface area (Å²) >= 11 is 0. The fraction of sp³-hybridized carbons (Fsp3) is 0.417. The Hall–Kier alpha value is -1.60. The highest BCUT2D eigenvalue weighted by Gasteiger charge is 2.14. The molecule has 0 aliphatic heterocycles. The Bertz CT molecular complexity index is 568. The fourth-order valence-corrected chi connectivity index (χ4v) is 2.24. The lowest BCUT2D eigenvalue weighted by Gasteiger charge is -2.12. The van der Waals surface area contributed by atoms with Crippen molar-refractivity contribution in [2.45, 2.75) is 6.92 Å². The van der Waals surface area contributed by atoms with Crippen molar-refractivity contribution in [2.24, 2.45) is 0 Å². The molecule has 0 unspecified atom stereocenters. The van der Waals surface area contributed by atoms with Gasteiger partial charge in [0, 0.05) is 31.9 Å². The number of carbonyl (C=O) groups excluding carboxylic acids is 1. The number of nitrogens with one attached hydrogen (secondary N) is 1. The SMILES string of the molecule is Cc1cc(N)ccc1C(=O)NCCS(=O)(=O)N(C)C. The molecule has 1 aromatic rings. The number of aryl methyl sites for hydroxylation is 1. The van der Waals surface area contributed by atoms with Gasteiger partial charge in [0.25, 0.3) is 5.91 Å². The third-order valence-electron chi connectivity index (χ3n) is 2.70. The minimum atomic E-state index is -3.29. The van der Waals surface area contributed by atoms with Crippen molar-refractivity contribution in [3.05, 3.63) is 29.3 Å². The first kappa shape index (κ1) is 15.5. The standard InChI is InChI=1S/C12H19N3O3S/c1-9-8-10(13)4-5-11(9)12(16)14-6-7-19(17,18)15(2)3/h4-5,8H,6-7,13H2,1-3H3,(H,14,16). The molecule has 0 radical (unpaired) electrons. The maximum Gasteiger partial charge on any atom is 0.251 e. The van der Waals surface area contributed by atoms with Crippen LogP contribution in [0, 0.1) is 6.92 Å². The molecule has 0 atom stereocenters. The van der Waals surface area contributed by atoms with E-state index in [0.29, 0.717) is 11.3 Å². The minimum absolute atomic E-state index is 0.0726. The first-order chi connectivity index (χ1) is 8.74. The number of nitrogens with zero attached hydrogens (tertiary/aromatic N) is 1. The Labute approximate surface area is 113 Å². The molecule has 3 N–H and O–H groups in total. The van der Waals surface area contributed by atoms with E-state index in [2.05, 4.69) is 5.32 Å². The highest BCUT2D eigenvalue weighted by atomic mass is 32.2. The Morgan fingerprint density at radius 1 is 1.37 bits per heavy atom. The van der Waals surface area contributed by atoms with Gasteiger partial charge in [0.1, 0.15) is 0 Å². The van der Waals surface area contributed by atoms with Crippen molar-refractivity contribution >= 4 is 21.6 Å². The van der Waals surface area contributed by atoms with Gasteiger partial charge in [0.2, 0.25) is 10.0 Å². The maximum absolute atomic E-state index is 11.9. The van der Waals surface area contributed by atoms with Crippen molar-refractivity contribution in [2.75, 3.05) is 32.1 Å². The van der Waals surface area contributed by atoms with E-state index in [-0.39, 0.29) is 18.2 Å². The molecule has 1 rings (SSSR count). The number of amides is 1. The van der Waals surface area contributed by atoms with Gasteiger partial charge in [-0.15, -0.1) is 0 Å². The summed E-state index contributed by atoms with van der Waals surface area (Å²) in [5.74, 6) is -0.425. The average Bonchev–Trinajstić information content (AvgIpc) is 2.28. The molecular weight excluding hydrogens is 266 g/mol. The van der Waals surface area contributed by atoms with Crippen LogP contribution in [-0.4, -0.2) is 45.0 Å². The summed E-state index contributed by atoms with van der Waals surface area (Å²) < 4.78 is 24.2. The summed E-state index contributed by atoms with van der Waals surface area (Å²) in [7, 11) is -0.375. The van der Waals surface area contributed by atoms with Crippen molar-refractivity contribution in [1.82, 2.24) is 9.62 Å². The van der Waals surface area contributed by atoms with Gasteiger partial charge in [-0.25, -0.2) is 12.7 Å². The largest absolute Gasteiger partial charge is 0.399 e. The van der Waals surface area contributed by atoms with Gasteiger partial charge in [0.15, 0.2) is 0 Å². The van der Waals surface area contributed by atoms with E-state index in [1.165, 1.54) is 14.1 Å². The van der Waals surface area contributed by atoms with Gasteiger partial charge in [-0.3, -0.25) is 4.79 Å². The molecule has 0 saturated heterocycles. The van der Waals surface area contributed by atoms with Crippen LogP contribution in [0.1, 0.15) is 15.9 Å². The van der Waals surface area contributed by atoms with E-state index in [1.54, 1.807) is 25.1 Å². The Morgan fingerprint density at radius 2 is 2.00 bits per heavy atom. The van der Waals surface area contributed by atoms with Gasteiger partial charge >= 0.3 is 0 Å². The van der Waals surface area contributed by atoms with Crippen molar-refractivity contribution in [1.29, 1.82) is 0 Å². The number of anilines is 1. The van der Waals surface area contributed by atoms with Gasteiger partial charge in [-0.05, 0) is 30.7 Å². The summed E-state index contributed by atoms with van der Waals surface area (Å²) in [5.41, 5.74) is 7.44. The van der Waals surface area contributed by atoms with Crippen LogP contribution in [0.3, 0.4) is 0 Å². The summed E-state index contributed by atoms with van der Waals surface area (Å²) in [6.07, 6.45) is 0. The molecule has 1 amide bonds. The van der Waals surface area contributed by atoms with Crippen molar-refractivity contribution in [3.8, 4) is 0 Å². The molecule has 106 valence electrons. The quantitative estimate of drug-likeness (QED) is 0.756. The molecule has 0 spiro atoms. The van der Waals surface area contributed by atoms with Crippen LogP contribution < -0.4 is 11.1 Å². The average molecular weight is 285 g/mol. The summed E-state index contributed by atoms with van der Waals surface area (Å²) in [5, 5.41) is 2.58. The molecule has 0 aliphatic rings. The summed E-state index contributed by atoms with van der Waals surface area (Å²) in [6, 6.07) is 4.96. The normalized spacial score (nSPS) is 11.6. The Balaban J connectivity index is 2.62. The zero-order valence-electron chi connectivity index (χ0n) is 11.3. The monoisotopic (exact) mass is 285 g/mol. The molecule has 0 aliphatic carbocycles. The van der Waals surface area contributed by atoms with Crippen LogP contribution >= 0.6 is 0 Å². The van der Waals surface area contributed by atoms with E-state index in [4.69, 9.17) is 5.73 Å². The van der Waals surface area contributed by atoms with E-state index in [0.717, 1.165) is 9.87 Å². The molecule has 7 heteroatoms. The van der Waals surface area contributed by atoms with Crippen LogP contribution in [0.25, 0.3) is 0 Å². The number of nitrogens with two attached hydrogens (primary N) is 1. The number of carbonyl (C=O) groups is 1. The van der Waals surface area contributed by atoms with Gasteiger partial charge in [-0.1, -0.05) is 0 Å². The molecule has 0 heterocycles. The van der Waals surface area contributed by atoms with E-state index in [9.17, 15) is 13.2 Å². The highest BCUT2D eigenvalue weighted by Crippen LogP contribution is 2.12. The summed E-state index contributed by atoms with van der Waals surface area (Å²) in [6.45, 7) is 1.85. The van der Waals surface area contributed by atoms with Gasteiger partial charge < -0.3 is 11.1 Å². The molecule has 0 aromatic heterocycles. The van der Waals surface area contributed by atoms with Crippen molar-refractivity contribution in [3.63, 3.8) is 0 Å². The predicted molar refractivity (Wildman–Crippen MR) is 75.4 cm³/mol. The van der Waals surface area contributed by atoms with E-state index in [1.807, 2.05) is 0 Å². The zero-order chi connectivity index (χ0) is 14.6. The van der Waals surface area contributed by atoms with Crippen LogP contribution in [0.15, 0.2) is 18.2 Å². The second kappa shape index (κ2) is 6.03. The van der Waals surface area contributed by atoms with Crippen LogP contribution in [0.2, 0.25) is 0 Å². The highest BCUT2D eigenvalue weighted by molar-refractivity contribution is 7.89. The van der Waals surface area contributed by atoms with Gasteiger partial charge in [0.05, 0.1) is 5.75 Å². The second-order valence-electron chi connectivity index (χ2n) is 4.43. The van der Waals surface area contributed by atoms with Crippen LogP contribution in [0.4, 0.5) is 5.69 Å². The zero-order valence-corrected chi connectivity index (χ0v) is 12.1. The molecule has 0 bridgehead atoms. The number of hydrogen-bond donors (Lipinski definition) is 2. The number of hydrogen-bond acceptors (Lipinski definition) is 4. The number of sulfonamides is 1. The first-order valence-corrected chi connectivity index (χ1v) is 7.39. The molecule has 0 fully saturated rings. The molecule has 0 saturated carbocycles. The predicted octanol–water partition coefficient (Wildman–Crippen LogP) is 0.198. The van der Waals surface area contributed by atoms with Gasteiger partial charge in [-0.2, -0.15) is 0 Å². The molecule has 1 aromatic carbocycles. The lowest BCUT2D eigenvalue weighted by atomic mass is 10.1. The maximum atomic E-state index is 11.9. The first-order valence-electron chi connectivity index (χ1n) is 5.78. The lowest BCUT2D eigenvalue weighted by molar-refractivity contribution is 0.0955. The lowest BCUT2D eigenvalue weighted by Crippen LogP contribution is -2.34. The number of rotatable bonds is 5. The molecule has 19 heavy (non-hydrogen) atoms. The second-order valence-corrected chi connectivity index (χ2v) is 6.73. The third kappa shape index (κ3) is 4.22. The molecule has 6 nitrogen and oxygen atoms in total. The van der Waals surface area contributed by atoms with Crippen LogP contribution in [0.5, 0.6) is 0 Å². The summed E-state index contributed by atoms with van der Waals surface area (Å²) in [4.78, 5) is 11.9. The van der Waals surface area contributed by atoms with Crippen molar-refractivity contribution < 1.29 is 13.2 Å². The van der Waals surface area contributed by atoms with E-state index < -0.39 is 10.0 Å². The minimum Gasteiger partial charge on any atom is -0.399 e. The third-order valence-corrected chi connectivity index (χ3v) is 4.53. The van der Waals surface area contributed by atoms with E-state index >= 15 is 0 Å². The fourth-order valence-electron chi connectivity index (χ4n) is 1.51. The molecular formula is C12H19N3O3S. The number of nitrogen functional groups attached to an aromatic ring is 1. The topological polar surface area (TPSA) is 92.5 Å². The Kier molecular flexibility index (Phi) is 4.90. The Morgan fingerprint density at radius 3 is 2.53 bits per heavy atom. The number of benzene rings is 1.